The average molecular weight is 297 g/mol. The molecule has 1 saturated carbocycles. The molecule has 0 bridgehead atoms. The van der Waals surface area contributed by atoms with Crippen molar-refractivity contribution in [2.75, 3.05) is 6.54 Å². The largest absolute Gasteiger partial charge is 0.392 e. The Hall–Kier alpha value is -0.910. The predicted molar refractivity (Wildman–Crippen MR) is 78.7 cm³/mol. The molecule has 2 rings (SSSR count). The van der Waals surface area contributed by atoms with E-state index in [1.807, 2.05) is 0 Å². The maximum absolute atomic E-state index is 12.2. The number of aliphatic hydroxyl groups excluding tert-OH is 1. The third kappa shape index (κ3) is 4.04. The minimum Gasteiger partial charge on any atom is -0.392 e. The zero-order chi connectivity index (χ0) is 14.6. The van der Waals surface area contributed by atoms with E-state index in [2.05, 4.69) is 11.6 Å². The molecule has 1 aliphatic carbocycles. The van der Waals surface area contributed by atoms with Crippen LogP contribution in [0.4, 0.5) is 0 Å². The Kier molecular flexibility index (Phi) is 5.18. The van der Waals surface area contributed by atoms with Gasteiger partial charge in [-0.3, -0.25) is 0 Å². The van der Waals surface area contributed by atoms with Gasteiger partial charge in [0.2, 0.25) is 10.0 Å². The second-order valence-corrected chi connectivity index (χ2v) is 7.55. The maximum Gasteiger partial charge on any atom is 0.240 e. The molecule has 0 atom stereocenters. The summed E-state index contributed by atoms with van der Waals surface area (Å²) in [6, 6.07) is 6.35. The van der Waals surface area contributed by atoms with Crippen molar-refractivity contribution in [3.63, 3.8) is 0 Å². The number of nitrogens with one attached hydrogen (secondary N) is 1. The smallest absolute Gasteiger partial charge is 0.240 e. The minimum absolute atomic E-state index is 0.0754. The maximum atomic E-state index is 12.2. The summed E-state index contributed by atoms with van der Waals surface area (Å²) >= 11 is 0. The highest BCUT2D eigenvalue weighted by molar-refractivity contribution is 7.89. The Balaban J connectivity index is 1.93. The van der Waals surface area contributed by atoms with Crippen molar-refractivity contribution in [2.24, 2.45) is 11.8 Å². The molecule has 0 radical (unpaired) electrons. The highest BCUT2D eigenvalue weighted by Gasteiger charge is 2.21. The minimum atomic E-state index is -3.43. The number of benzene rings is 1. The summed E-state index contributed by atoms with van der Waals surface area (Å²) in [6.07, 6.45) is 4.59. The lowest BCUT2D eigenvalue weighted by atomic mass is 9.83. The first-order valence-electron chi connectivity index (χ1n) is 7.20. The molecule has 0 unspecified atom stereocenters. The van der Waals surface area contributed by atoms with Crippen LogP contribution in [0.3, 0.4) is 0 Å². The zero-order valence-electron chi connectivity index (χ0n) is 11.9. The third-order valence-corrected chi connectivity index (χ3v) is 5.55. The molecule has 0 aromatic heterocycles. The lowest BCUT2D eigenvalue weighted by Gasteiger charge is -2.26. The molecular weight excluding hydrogens is 274 g/mol. The van der Waals surface area contributed by atoms with Gasteiger partial charge in [-0.1, -0.05) is 31.9 Å². The van der Waals surface area contributed by atoms with Crippen molar-refractivity contribution in [1.82, 2.24) is 4.72 Å². The zero-order valence-corrected chi connectivity index (χ0v) is 12.7. The van der Waals surface area contributed by atoms with Crippen LogP contribution < -0.4 is 4.72 Å². The van der Waals surface area contributed by atoms with Crippen LogP contribution in [0, 0.1) is 11.8 Å². The Labute approximate surface area is 121 Å². The van der Waals surface area contributed by atoms with Gasteiger partial charge >= 0.3 is 0 Å². The summed E-state index contributed by atoms with van der Waals surface area (Å²) in [5, 5.41) is 8.96. The normalized spacial score (nSPS) is 23.7. The van der Waals surface area contributed by atoms with E-state index >= 15 is 0 Å². The van der Waals surface area contributed by atoms with Crippen LogP contribution in [-0.4, -0.2) is 20.1 Å². The average Bonchev–Trinajstić information content (AvgIpc) is 2.47. The molecule has 1 aromatic rings. The first kappa shape index (κ1) is 15.5. The van der Waals surface area contributed by atoms with Crippen molar-refractivity contribution in [3.8, 4) is 0 Å². The van der Waals surface area contributed by atoms with Gasteiger partial charge in [0.1, 0.15) is 0 Å². The van der Waals surface area contributed by atoms with E-state index in [1.54, 1.807) is 12.1 Å². The van der Waals surface area contributed by atoms with Crippen LogP contribution in [0.5, 0.6) is 0 Å². The standard InChI is InChI=1S/C15H23NO3S/c1-12-2-4-13(5-3-12)10-16-20(18,19)15-8-6-14(11-17)7-9-15/h6-9,12-13,16-17H,2-5,10-11H2,1H3. The van der Waals surface area contributed by atoms with E-state index in [0.717, 1.165) is 18.8 Å². The Morgan fingerprint density at radius 2 is 1.75 bits per heavy atom. The van der Waals surface area contributed by atoms with Crippen LogP contribution >= 0.6 is 0 Å². The fraction of sp³-hybridized carbons (Fsp3) is 0.600. The molecule has 20 heavy (non-hydrogen) atoms. The summed E-state index contributed by atoms with van der Waals surface area (Å²) in [5.74, 6) is 1.23. The number of hydrogen-bond acceptors (Lipinski definition) is 3. The van der Waals surface area contributed by atoms with Crippen LogP contribution in [-0.2, 0) is 16.6 Å². The van der Waals surface area contributed by atoms with Gasteiger partial charge in [-0.2, -0.15) is 0 Å². The number of aliphatic hydroxyl groups is 1. The molecule has 1 aromatic carbocycles. The molecule has 0 spiro atoms. The molecule has 4 nitrogen and oxygen atoms in total. The Morgan fingerprint density at radius 1 is 1.15 bits per heavy atom. The van der Waals surface area contributed by atoms with Gasteiger partial charge < -0.3 is 5.11 Å². The molecular formula is C15H23NO3S. The summed E-state index contributed by atoms with van der Waals surface area (Å²) in [6.45, 7) is 2.70. The van der Waals surface area contributed by atoms with E-state index in [9.17, 15) is 8.42 Å². The number of hydrogen-bond donors (Lipinski definition) is 2. The van der Waals surface area contributed by atoms with Gasteiger partial charge in [0, 0.05) is 6.54 Å². The van der Waals surface area contributed by atoms with Crippen LogP contribution in [0.2, 0.25) is 0 Å². The first-order chi connectivity index (χ1) is 9.51. The molecule has 0 aliphatic heterocycles. The molecule has 1 fully saturated rings. The Morgan fingerprint density at radius 3 is 2.30 bits per heavy atom. The molecule has 0 amide bonds. The van der Waals surface area contributed by atoms with Gasteiger partial charge in [-0.25, -0.2) is 13.1 Å². The quantitative estimate of drug-likeness (QED) is 0.876. The molecule has 0 saturated heterocycles. The van der Waals surface area contributed by atoms with Crippen molar-refractivity contribution in [1.29, 1.82) is 0 Å². The molecule has 5 heteroatoms. The van der Waals surface area contributed by atoms with E-state index < -0.39 is 10.0 Å². The lowest BCUT2D eigenvalue weighted by Crippen LogP contribution is -2.31. The molecule has 0 heterocycles. The van der Waals surface area contributed by atoms with Crippen molar-refractivity contribution < 1.29 is 13.5 Å². The summed E-state index contributed by atoms with van der Waals surface area (Å²) in [5.41, 5.74) is 0.713. The second-order valence-electron chi connectivity index (χ2n) is 5.78. The third-order valence-electron chi connectivity index (χ3n) is 4.11. The summed E-state index contributed by atoms with van der Waals surface area (Å²) in [7, 11) is -3.43. The molecule has 1 aliphatic rings. The van der Waals surface area contributed by atoms with Crippen LogP contribution in [0.1, 0.15) is 38.2 Å². The van der Waals surface area contributed by atoms with Gasteiger partial charge in [0.05, 0.1) is 11.5 Å². The highest BCUT2D eigenvalue weighted by Crippen LogP contribution is 2.28. The number of sulfonamides is 1. The molecule has 112 valence electrons. The van der Waals surface area contributed by atoms with E-state index in [4.69, 9.17) is 5.11 Å². The van der Waals surface area contributed by atoms with Gasteiger partial charge in [-0.05, 0) is 42.4 Å². The van der Waals surface area contributed by atoms with E-state index in [0.29, 0.717) is 18.0 Å². The van der Waals surface area contributed by atoms with Crippen LogP contribution in [0.15, 0.2) is 29.2 Å². The highest BCUT2D eigenvalue weighted by atomic mass is 32.2. The summed E-state index contributed by atoms with van der Waals surface area (Å²) < 4.78 is 27.0. The van der Waals surface area contributed by atoms with Gasteiger partial charge in [0.15, 0.2) is 0 Å². The Bertz CT molecular complexity index is 517. The first-order valence-corrected chi connectivity index (χ1v) is 8.69. The monoisotopic (exact) mass is 297 g/mol. The molecule has 2 N–H and O–H groups in total. The van der Waals surface area contributed by atoms with Gasteiger partial charge in [0.25, 0.3) is 0 Å². The van der Waals surface area contributed by atoms with E-state index in [-0.39, 0.29) is 11.5 Å². The number of rotatable bonds is 5. The summed E-state index contributed by atoms with van der Waals surface area (Å²) in [4.78, 5) is 0.263. The fourth-order valence-corrected chi connectivity index (χ4v) is 3.73. The van der Waals surface area contributed by atoms with Crippen molar-refractivity contribution in [2.45, 2.75) is 44.1 Å². The lowest BCUT2D eigenvalue weighted by molar-refractivity contribution is 0.281. The van der Waals surface area contributed by atoms with Crippen molar-refractivity contribution >= 4 is 10.0 Å². The SMILES string of the molecule is CC1CCC(CNS(=O)(=O)c2ccc(CO)cc2)CC1. The second kappa shape index (κ2) is 6.70. The van der Waals surface area contributed by atoms with Crippen molar-refractivity contribution in [3.05, 3.63) is 29.8 Å². The topological polar surface area (TPSA) is 66.4 Å². The van der Waals surface area contributed by atoms with E-state index in [1.165, 1.54) is 25.0 Å². The fourth-order valence-electron chi connectivity index (χ4n) is 2.62. The van der Waals surface area contributed by atoms with Crippen LogP contribution in [0.25, 0.3) is 0 Å². The van der Waals surface area contributed by atoms with Gasteiger partial charge in [-0.15, -0.1) is 0 Å². The predicted octanol–water partition coefficient (Wildman–Crippen LogP) is 2.28.